The average Bonchev–Trinajstić information content (AvgIpc) is 2.33. The van der Waals surface area contributed by atoms with Crippen LogP contribution < -0.4 is 5.32 Å². The van der Waals surface area contributed by atoms with Gasteiger partial charge in [-0.3, -0.25) is 0 Å². The number of ether oxygens (including phenoxy) is 3. The Hall–Kier alpha value is -0.240. The van der Waals surface area contributed by atoms with Crippen molar-refractivity contribution in [3.63, 3.8) is 0 Å². The van der Waals surface area contributed by atoms with Crippen molar-refractivity contribution in [1.29, 1.82) is 0 Å². The van der Waals surface area contributed by atoms with Crippen LogP contribution in [0, 0.1) is 0 Å². The monoisotopic (exact) mass is 264 g/mol. The predicted molar refractivity (Wildman–Crippen MR) is 70.9 cm³/mol. The van der Waals surface area contributed by atoms with Gasteiger partial charge in [-0.05, 0) is 14.1 Å². The van der Waals surface area contributed by atoms with Gasteiger partial charge in [0.05, 0.1) is 39.1 Å². The zero-order chi connectivity index (χ0) is 13.6. The molecule has 0 bridgehead atoms. The number of aliphatic hydroxyl groups is 1. The molecule has 0 aliphatic carbocycles. The van der Waals surface area contributed by atoms with Crippen LogP contribution in [0.3, 0.4) is 0 Å². The van der Waals surface area contributed by atoms with Crippen LogP contribution in [-0.2, 0) is 14.2 Å². The van der Waals surface area contributed by atoms with Crippen LogP contribution in [0.25, 0.3) is 0 Å². The van der Waals surface area contributed by atoms with E-state index in [2.05, 4.69) is 10.2 Å². The molecule has 0 aliphatic rings. The van der Waals surface area contributed by atoms with E-state index < -0.39 is 6.10 Å². The Morgan fingerprint density at radius 2 is 1.89 bits per heavy atom. The highest BCUT2D eigenvalue weighted by molar-refractivity contribution is 4.58. The average molecular weight is 264 g/mol. The fourth-order valence-corrected chi connectivity index (χ4v) is 1.18. The molecule has 0 aromatic heterocycles. The number of aliphatic hydroxyl groups excluding tert-OH is 1. The van der Waals surface area contributed by atoms with Crippen molar-refractivity contribution in [3.8, 4) is 0 Å². The first-order chi connectivity index (χ1) is 8.66. The summed E-state index contributed by atoms with van der Waals surface area (Å²) in [6, 6.07) is 0. The second-order valence-corrected chi connectivity index (χ2v) is 4.34. The van der Waals surface area contributed by atoms with Gasteiger partial charge in [0.25, 0.3) is 0 Å². The van der Waals surface area contributed by atoms with Gasteiger partial charge in [-0.2, -0.15) is 0 Å². The van der Waals surface area contributed by atoms with E-state index >= 15 is 0 Å². The third kappa shape index (κ3) is 13.8. The van der Waals surface area contributed by atoms with Crippen molar-refractivity contribution in [2.24, 2.45) is 0 Å². The standard InChI is InChI=1S/C12H28N2O4/c1-14(2)5-7-17-6-4-13-10-12(15)11-18-9-8-16-3/h12-13,15H,4-11H2,1-3H3. The second kappa shape index (κ2) is 13.2. The van der Waals surface area contributed by atoms with Crippen LogP contribution in [-0.4, -0.2) is 90.0 Å². The van der Waals surface area contributed by atoms with Crippen LogP contribution >= 0.6 is 0 Å². The summed E-state index contributed by atoms with van der Waals surface area (Å²) in [5.74, 6) is 0. The lowest BCUT2D eigenvalue weighted by atomic mass is 10.4. The third-order valence-electron chi connectivity index (χ3n) is 2.23. The Labute approximate surface area is 110 Å². The fraction of sp³-hybridized carbons (Fsp3) is 1.00. The maximum atomic E-state index is 9.55. The van der Waals surface area contributed by atoms with Gasteiger partial charge < -0.3 is 29.5 Å². The molecular formula is C12H28N2O4. The maximum Gasteiger partial charge on any atom is 0.0897 e. The minimum absolute atomic E-state index is 0.331. The fourth-order valence-electron chi connectivity index (χ4n) is 1.18. The van der Waals surface area contributed by atoms with Crippen molar-refractivity contribution >= 4 is 0 Å². The SMILES string of the molecule is COCCOCC(O)CNCCOCCN(C)C. The van der Waals surface area contributed by atoms with E-state index in [1.807, 2.05) is 14.1 Å². The number of hydrogen-bond acceptors (Lipinski definition) is 6. The molecule has 0 rings (SSSR count). The highest BCUT2D eigenvalue weighted by atomic mass is 16.5. The molecule has 0 aromatic carbocycles. The molecule has 0 heterocycles. The largest absolute Gasteiger partial charge is 0.389 e. The van der Waals surface area contributed by atoms with Gasteiger partial charge in [-0.1, -0.05) is 0 Å². The predicted octanol–water partition coefficient (Wildman–Crippen LogP) is -0.822. The summed E-state index contributed by atoms with van der Waals surface area (Å²) in [6.45, 7) is 4.98. The summed E-state index contributed by atoms with van der Waals surface area (Å²) in [7, 11) is 5.65. The van der Waals surface area contributed by atoms with E-state index in [9.17, 15) is 5.11 Å². The minimum atomic E-state index is -0.483. The first kappa shape index (κ1) is 17.8. The Kier molecular flexibility index (Phi) is 13.0. The Morgan fingerprint density at radius 1 is 1.11 bits per heavy atom. The molecule has 0 fully saturated rings. The van der Waals surface area contributed by atoms with Gasteiger partial charge in [-0.15, -0.1) is 0 Å². The van der Waals surface area contributed by atoms with Crippen molar-refractivity contribution in [2.75, 3.05) is 73.9 Å². The lowest BCUT2D eigenvalue weighted by Gasteiger charge is -2.13. The van der Waals surface area contributed by atoms with Gasteiger partial charge in [0.2, 0.25) is 0 Å². The Balaban J connectivity index is 3.12. The molecule has 0 aromatic rings. The van der Waals surface area contributed by atoms with Crippen molar-refractivity contribution in [3.05, 3.63) is 0 Å². The molecule has 0 spiro atoms. The molecule has 110 valence electrons. The molecule has 6 heteroatoms. The van der Waals surface area contributed by atoms with Crippen LogP contribution in [0.4, 0.5) is 0 Å². The quantitative estimate of drug-likeness (QED) is 0.424. The summed E-state index contributed by atoms with van der Waals surface area (Å²) >= 11 is 0. The van der Waals surface area contributed by atoms with Gasteiger partial charge >= 0.3 is 0 Å². The van der Waals surface area contributed by atoms with E-state index in [4.69, 9.17) is 14.2 Å². The van der Waals surface area contributed by atoms with Crippen LogP contribution in [0.5, 0.6) is 0 Å². The summed E-state index contributed by atoms with van der Waals surface area (Å²) in [6.07, 6.45) is -0.483. The molecule has 1 atom stereocenters. The zero-order valence-corrected chi connectivity index (χ0v) is 11.9. The van der Waals surface area contributed by atoms with Crippen molar-refractivity contribution in [1.82, 2.24) is 10.2 Å². The van der Waals surface area contributed by atoms with Gasteiger partial charge in [-0.25, -0.2) is 0 Å². The molecule has 0 aliphatic heterocycles. The van der Waals surface area contributed by atoms with Crippen LogP contribution in [0.15, 0.2) is 0 Å². The highest BCUT2D eigenvalue weighted by Gasteiger charge is 2.03. The topological polar surface area (TPSA) is 63.2 Å². The number of nitrogens with zero attached hydrogens (tertiary/aromatic N) is 1. The maximum absolute atomic E-state index is 9.55. The molecule has 0 amide bonds. The lowest BCUT2D eigenvalue weighted by molar-refractivity contribution is 0.0131. The minimum Gasteiger partial charge on any atom is -0.389 e. The molecule has 0 saturated heterocycles. The molecular weight excluding hydrogens is 236 g/mol. The first-order valence-corrected chi connectivity index (χ1v) is 6.34. The molecule has 1 unspecified atom stereocenters. The molecule has 6 nitrogen and oxygen atoms in total. The number of methoxy groups -OCH3 is 1. The van der Waals surface area contributed by atoms with Crippen molar-refractivity contribution < 1.29 is 19.3 Å². The summed E-state index contributed by atoms with van der Waals surface area (Å²) in [5, 5.41) is 12.7. The molecule has 0 saturated carbocycles. The second-order valence-electron chi connectivity index (χ2n) is 4.34. The number of hydrogen-bond donors (Lipinski definition) is 2. The van der Waals surface area contributed by atoms with E-state index in [0.29, 0.717) is 33.0 Å². The number of nitrogens with one attached hydrogen (secondary N) is 1. The van der Waals surface area contributed by atoms with E-state index in [-0.39, 0.29) is 0 Å². The smallest absolute Gasteiger partial charge is 0.0897 e. The van der Waals surface area contributed by atoms with Gasteiger partial charge in [0, 0.05) is 26.7 Å². The number of rotatable bonds is 13. The Bertz CT molecular complexity index is 170. The van der Waals surface area contributed by atoms with Crippen LogP contribution in [0.2, 0.25) is 0 Å². The molecule has 0 radical (unpaired) electrons. The first-order valence-electron chi connectivity index (χ1n) is 6.34. The molecule has 18 heavy (non-hydrogen) atoms. The lowest BCUT2D eigenvalue weighted by Crippen LogP contribution is -2.33. The van der Waals surface area contributed by atoms with Gasteiger partial charge in [0.1, 0.15) is 0 Å². The Morgan fingerprint density at radius 3 is 2.56 bits per heavy atom. The van der Waals surface area contributed by atoms with E-state index in [1.54, 1.807) is 7.11 Å². The van der Waals surface area contributed by atoms with Crippen LogP contribution in [0.1, 0.15) is 0 Å². The zero-order valence-electron chi connectivity index (χ0n) is 11.9. The number of likely N-dealkylation sites (N-methyl/N-ethyl adjacent to an activating group) is 1. The highest BCUT2D eigenvalue weighted by Crippen LogP contribution is 1.84. The van der Waals surface area contributed by atoms with E-state index in [0.717, 1.165) is 19.7 Å². The molecule has 2 N–H and O–H groups in total. The van der Waals surface area contributed by atoms with Gasteiger partial charge in [0.15, 0.2) is 0 Å². The van der Waals surface area contributed by atoms with E-state index in [1.165, 1.54) is 0 Å². The summed E-state index contributed by atoms with van der Waals surface area (Å²) < 4.78 is 15.4. The summed E-state index contributed by atoms with van der Waals surface area (Å²) in [4.78, 5) is 2.08. The summed E-state index contributed by atoms with van der Waals surface area (Å²) in [5.41, 5.74) is 0. The normalized spacial score (nSPS) is 13.2. The third-order valence-corrected chi connectivity index (χ3v) is 2.23. The van der Waals surface area contributed by atoms with Crippen molar-refractivity contribution in [2.45, 2.75) is 6.10 Å².